The number of hydrogen-bond acceptors (Lipinski definition) is 2. The molecule has 0 saturated heterocycles. The molecule has 22 heavy (non-hydrogen) atoms. The molecular formula is C19H23NO2. The van der Waals surface area contributed by atoms with E-state index in [1.54, 1.807) is 0 Å². The van der Waals surface area contributed by atoms with E-state index in [1.165, 1.54) is 16.7 Å². The van der Waals surface area contributed by atoms with Crippen molar-refractivity contribution in [3.8, 4) is 5.75 Å². The van der Waals surface area contributed by atoms with Crippen molar-refractivity contribution in [1.29, 1.82) is 0 Å². The maximum Gasteiger partial charge on any atom is 0.251 e. The molecule has 0 aliphatic rings. The second kappa shape index (κ2) is 7.12. The molecule has 0 spiro atoms. The molecule has 1 amide bonds. The molecule has 3 nitrogen and oxygen atoms in total. The van der Waals surface area contributed by atoms with Gasteiger partial charge in [0.15, 0.2) is 0 Å². The largest absolute Gasteiger partial charge is 0.492 e. The highest BCUT2D eigenvalue weighted by atomic mass is 16.5. The summed E-state index contributed by atoms with van der Waals surface area (Å²) >= 11 is 0. The highest BCUT2D eigenvalue weighted by Gasteiger charge is 2.06. The normalized spacial score (nSPS) is 10.4. The fourth-order valence-electron chi connectivity index (χ4n) is 2.33. The molecule has 0 unspecified atom stereocenters. The lowest BCUT2D eigenvalue weighted by atomic mass is 10.1. The third-order valence-corrected chi connectivity index (χ3v) is 3.62. The Morgan fingerprint density at radius 3 is 2.27 bits per heavy atom. The van der Waals surface area contributed by atoms with E-state index in [4.69, 9.17) is 4.74 Å². The van der Waals surface area contributed by atoms with Crippen LogP contribution in [0.3, 0.4) is 0 Å². The van der Waals surface area contributed by atoms with Crippen LogP contribution in [-0.4, -0.2) is 19.1 Å². The molecule has 1 N–H and O–H groups in total. The van der Waals surface area contributed by atoms with Crippen molar-refractivity contribution in [1.82, 2.24) is 5.32 Å². The number of benzene rings is 2. The number of carbonyl (C=O) groups excluding carboxylic acids is 1. The average Bonchev–Trinajstić information content (AvgIpc) is 2.45. The monoisotopic (exact) mass is 297 g/mol. The summed E-state index contributed by atoms with van der Waals surface area (Å²) in [6.45, 7) is 9.07. The number of aryl methyl sites for hydroxylation is 4. The van der Waals surface area contributed by atoms with Gasteiger partial charge in [-0.15, -0.1) is 0 Å². The lowest BCUT2D eigenvalue weighted by Crippen LogP contribution is -2.28. The smallest absolute Gasteiger partial charge is 0.251 e. The van der Waals surface area contributed by atoms with Crippen molar-refractivity contribution in [3.63, 3.8) is 0 Å². The second-order valence-electron chi connectivity index (χ2n) is 5.73. The first-order valence-corrected chi connectivity index (χ1v) is 7.52. The number of hydrogen-bond donors (Lipinski definition) is 1. The molecule has 0 radical (unpaired) electrons. The molecule has 116 valence electrons. The Morgan fingerprint density at radius 1 is 0.955 bits per heavy atom. The summed E-state index contributed by atoms with van der Waals surface area (Å²) in [7, 11) is 0. The van der Waals surface area contributed by atoms with Crippen LogP contribution in [0.5, 0.6) is 5.75 Å². The Hall–Kier alpha value is -2.29. The molecule has 0 bridgehead atoms. The fraction of sp³-hybridized carbons (Fsp3) is 0.316. The van der Waals surface area contributed by atoms with Gasteiger partial charge in [-0.3, -0.25) is 4.79 Å². The Morgan fingerprint density at radius 2 is 1.64 bits per heavy atom. The minimum absolute atomic E-state index is 0.0628. The molecule has 0 aliphatic carbocycles. The van der Waals surface area contributed by atoms with Gasteiger partial charge in [-0.25, -0.2) is 0 Å². The van der Waals surface area contributed by atoms with Crippen LogP contribution in [0.1, 0.15) is 32.6 Å². The standard InChI is InChI=1S/C19H23NO2/c1-13-9-14(2)11-18(10-13)22-8-7-20-19(21)17-6-5-15(3)16(4)12-17/h5-6,9-12H,7-8H2,1-4H3,(H,20,21). The SMILES string of the molecule is Cc1cc(C)cc(OCCNC(=O)c2ccc(C)c(C)c2)c1. The van der Waals surface area contributed by atoms with Gasteiger partial charge in [0.1, 0.15) is 12.4 Å². The molecule has 2 aromatic rings. The van der Waals surface area contributed by atoms with Crippen molar-refractivity contribution in [2.45, 2.75) is 27.7 Å². The van der Waals surface area contributed by atoms with Gasteiger partial charge in [0, 0.05) is 5.56 Å². The van der Waals surface area contributed by atoms with Crippen LogP contribution >= 0.6 is 0 Å². The first kappa shape index (κ1) is 16.1. The van der Waals surface area contributed by atoms with E-state index >= 15 is 0 Å². The Labute approximate surface area is 132 Å². The molecule has 0 saturated carbocycles. The van der Waals surface area contributed by atoms with Gasteiger partial charge in [-0.05, 0) is 74.2 Å². The molecule has 3 heteroatoms. The zero-order valence-corrected chi connectivity index (χ0v) is 13.7. The summed E-state index contributed by atoms with van der Waals surface area (Å²) in [5.41, 5.74) is 5.35. The van der Waals surface area contributed by atoms with E-state index in [0.29, 0.717) is 18.7 Å². The van der Waals surface area contributed by atoms with Crippen LogP contribution < -0.4 is 10.1 Å². The van der Waals surface area contributed by atoms with Gasteiger partial charge in [-0.1, -0.05) is 12.1 Å². The third kappa shape index (κ3) is 4.35. The minimum atomic E-state index is -0.0628. The van der Waals surface area contributed by atoms with E-state index in [0.717, 1.165) is 11.3 Å². The lowest BCUT2D eigenvalue weighted by molar-refractivity contribution is 0.0947. The number of carbonyl (C=O) groups is 1. The molecular weight excluding hydrogens is 274 g/mol. The Balaban J connectivity index is 1.83. The van der Waals surface area contributed by atoms with Crippen LogP contribution in [-0.2, 0) is 0 Å². The fourth-order valence-corrected chi connectivity index (χ4v) is 2.33. The molecule has 2 aromatic carbocycles. The first-order chi connectivity index (χ1) is 10.5. The summed E-state index contributed by atoms with van der Waals surface area (Å²) in [6, 6.07) is 11.8. The van der Waals surface area contributed by atoms with Gasteiger partial charge >= 0.3 is 0 Å². The van der Waals surface area contributed by atoms with Crippen LogP contribution in [0.2, 0.25) is 0 Å². The summed E-state index contributed by atoms with van der Waals surface area (Å²) in [6.07, 6.45) is 0. The zero-order chi connectivity index (χ0) is 16.1. The minimum Gasteiger partial charge on any atom is -0.492 e. The molecule has 0 aromatic heterocycles. The average molecular weight is 297 g/mol. The number of amides is 1. The predicted molar refractivity (Wildman–Crippen MR) is 89.7 cm³/mol. The predicted octanol–water partition coefficient (Wildman–Crippen LogP) is 3.73. The summed E-state index contributed by atoms with van der Waals surface area (Å²) < 4.78 is 5.68. The lowest BCUT2D eigenvalue weighted by Gasteiger charge is -2.10. The highest BCUT2D eigenvalue weighted by molar-refractivity contribution is 5.94. The molecule has 2 rings (SSSR count). The molecule has 0 fully saturated rings. The number of nitrogens with one attached hydrogen (secondary N) is 1. The van der Waals surface area contributed by atoms with Crippen molar-refractivity contribution in [3.05, 3.63) is 64.2 Å². The van der Waals surface area contributed by atoms with Crippen LogP contribution in [0.4, 0.5) is 0 Å². The van der Waals surface area contributed by atoms with Crippen LogP contribution in [0.25, 0.3) is 0 Å². The number of ether oxygens (including phenoxy) is 1. The maximum atomic E-state index is 12.1. The zero-order valence-electron chi connectivity index (χ0n) is 13.7. The van der Waals surface area contributed by atoms with Crippen LogP contribution in [0, 0.1) is 27.7 Å². The van der Waals surface area contributed by atoms with Gasteiger partial charge < -0.3 is 10.1 Å². The summed E-state index contributed by atoms with van der Waals surface area (Å²) in [5.74, 6) is 0.782. The molecule has 0 aliphatic heterocycles. The summed E-state index contributed by atoms with van der Waals surface area (Å²) in [4.78, 5) is 12.1. The van der Waals surface area contributed by atoms with Crippen molar-refractivity contribution >= 4 is 5.91 Å². The van der Waals surface area contributed by atoms with E-state index in [9.17, 15) is 4.79 Å². The molecule has 0 atom stereocenters. The maximum absolute atomic E-state index is 12.1. The first-order valence-electron chi connectivity index (χ1n) is 7.52. The van der Waals surface area contributed by atoms with Crippen molar-refractivity contribution in [2.24, 2.45) is 0 Å². The van der Waals surface area contributed by atoms with E-state index in [-0.39, 0.29) is 5.91 Å². The Kier molecular flexibility index (Phi) is 5.21. The van der Waals surface area contributed by atoms with Gasteiger partial charge in [0.05, 0.1) is 6.54 Å². The molecule has 0 heterocycles. The quantitative estimate of drug-likeness (QED) is 0.854. The van der Waals surface area contributed by atoms with Gasteiger partial charge in [0.2, 0.25) is 0 Å². The number of rotatable bonds is 5. The summed E-state index contributed by atoms with van der Waals surface area (Å²) in [5, 5.41) is 2.88. The second-order valence-corrected chi connectivity index (χ2v) is 5.73. The highest BCUT2D eigenvalue weighted by Crippen LogP contribution is 2.15. The van der Waals surface area contributed by atoms with Crippen molar-refractivity contribution in [2.75, 3.05) is 13.2 Å². The van der Waals surface area contributed by atoms with Gasteiger partial charge in [-0.2, -0.15) is 0 Å². The Bertz CT molecular complexity index is 657. The van der Waals surface area contributed by atoms with E-state index in [2.05, 4.69) is 11.4 Å². The topological polar surface area (TPSA) is 38.3 Å². The van der Waals surface area contributed by atoms with Crippen molar-refractivity contribution < 1.29 is 9.53 Å². The third-order valence-electron chi connectivity index (χ3n) is 3.62. The van der Waals surface area contributed by atoms with E-state index in [1.807, 2.05) is 58.0 Å². The van der Waals surface area contributed by atoms with Crippen LogP contribution in [0.15, 0.2) is 36.4 Å². The van der Waals surface area contributed by atoms with E-state index < -0.39 is 0 Å². The van der Waals surface area contributed by atoms with Gasteiger partial charge in [0.25, 0.3) is 5.91 Å².